The minimum atomic E-state index is -0.0102. The topological polar surface area (TPSA) is 50.2 Å². The first-order valence-electron chi connectivity index (χ1n) is 4.65. The Morgan fingerprint density at radius 2 is 2.43 bits per heavy atom. The summed E-state index contributed by atoms with van der Waals surface area (Å²) in [6.45, 7) is 1.76. The molecule has 14 heavy (non-hydrogen) atoms. The summed E-state index contributed by atoms with van der Waals surface area (Å²) in [5.41, 5.74) is 0. The maximum absolute atomic E-state index is 11.9. The Morgan fingerprint density at radius 1 is 1.71 bits per heavy atom. The lowest BCUT2D eigenvalue weighted by Crippen LogP contribution is -2.57. The molecule has 1 aromatic heterocycles. The molecular formula is C9H14N4O. The Labute approximate surface area is 82.7 Å². The first-order valence-corrected chi connectivity index (χ1v) is 4.65. The third kappa shape index (κ3) is 1.39. The van der Waals surface area contributed by atoms with Crippen LogP contribution in [0.5, 0.6) is 0 Å². The number of amides is 1. The standard InChI is InChI=1S/C9H14N4O/c1-12-4-3-11-8(12)9(14)13(2)7-5-10-6-7/h3-4,7,10H,5-6H2,1-2H3. The number of carbonyl (C=O) groups is 1. The molecule has 0 saturated carbocycles. The van der Waals surface area contributed by atoms with Crippen molar-refractivity contribution in [3.05, 3.63) is 18.2 Å². The van der Waals surface area contributed by atoms with E-state index in [2.05, 4.69) is 10.3 Å². The molecule has 1 fully saturated rings. The van der Waals surface area contributed by atoms with Crippen molar-refractivity contribution in [2.75, 3.05) is 20.1 Å². The van der Waals surface area contributed by atoms with Crippen molar-refractivity contribution in [2.24, 2.45) is 7.05 Å². The predicted octanol–water partition coefficient (Wildman–Crippen LogP) is -0.536. The number of imidazole rings is 1. The molecule has 2 rings (SSSR count). The van der Waals surface area contributed by atoms with Gasteiger partial charge < -0.3 is 14.8 Å². The van der Waals surface area contributed by atoms with Gasteiger partial charge in [-0.25, -0.2) is 4.98 Å². The first-order chi connectivity index (χ1) is 6.70. The Kier molecular flexibility index (Phi) is 2.25. The molecule has 0 unspecified atom stereocenters. The summed E-state index contributed by atoms with van der Waals surface area (Å²) in [5, 5.41) is 3.14. The second-order valence-electron chi connectivity index (χ2n) is 3.59. The Morgan fingerprint density at radius 3 is 2.86 bits per heavy atom. The average Bonchev–Trinajstić information content (AvgIpc) is 2.47. The summed E-state index contributed by atoms with van der Waals surface area (Å²) in [7, 11) is 3.65. The minimum Gasteiger partial charge on any atom is -0.334 e. The molecule has 0 spiro atoms. The van der Waals surface area contributed by atoms with E-state index in [1.54, 1.807) is 21.9 Å². The number of aromatic nitrogens is 2. The molecule has 5 nitrogen and oxygen atoms in total. The second kappa shape index (κ2) is 3.42. The molecule has 0 atom stereocenters. The summed E-state index contributed by atoms with van der Waals surface area (Å²) < 4.78 is 1.74. The molecule has 1 saturated heterocycles. The largest absolute Gasteiger partial charge is 0.334 e. The van der Waals surface area contributed by atoms with Crippen LogP contribution in [0.25, 0.3) is 0 Å². The van der Waals surface area contributed by atoms with Crippen LogP contribution in [0.2, 0.25) is 0 Å². The van der Waals surface area contributed by atoms with Crippen LogP contribution in [0, 0.1) is 0 Å². The molecule has 0 aromatic carbocycles. The number of hydrogen-bond acceptors (Lipinski definition) is 3. The van der Waals surface area contributed by atoms with E-state index in [0.29, 0.717) is 11.9 Å². The van der Waals surface area contributed by atoms with Crippen molar-refractivity contribution in [2.45, 2.75) is 6.04 Å². The van der Waals surface area contributed by atoms with Crippen LogP contribution in [-0.2, 0) is 7.05 Å². The van der Waals surface area contributed by atoms with Crippen LogP contribution in [-0.4, -0.2) is 46.5 Å². The second-order valence-corrected chi connectivity index (χ2v) is 3.59. The molecular weight excluding hydrogens is 180 g/mol. The zero-order valence-electron chi connectivity index (χ0n) is 8.40. The van der Waals surface area contributed by atoms with Gasteiger partial charge >= 0.3 is 0 Å². The van der Waals surface area contributed by atoms with Gasteiger partial charge in [-0.1, -0.05) is 0 Å². The highest BCUT2D eigenvalue weighted by atomic mass is 16.2. The summed E-state index contributed by atoms with van der Waals surface area (Å²) in [4.78, 5) is 17.7. The van der Waals surface area contributed by atoms with E-state index in [0.717, 1.165) is 13.1 Å². The lowest BCUT2D eigenvalue weighted by Gasteiger charge is -2.35. The number of rotatable bonds is 2. The fourth-order valence-corrected chi connectivity index (χ4v) is 1.44. The third-order valence-corrected chi connectivity index (χ3v) is 2.64. The van der Waals surface area contributed by atoms with E-state index in [-0.39, 0.29) is 5.91 Å². The van der Waals surface area contributed by atoms with Gasteiger partial charge in [0.25, 0.3) is 5.91 Å². The van der Waals surface area contributed by atoms with Crippen molar-refractivity contribution >= 4 is 5.91 Å². The molecule has 0 aliphatic carbocycles. The Bertz CT molecular complexity index is 342. The van der Waals surface area contributed by atoms with Crippen molar-refractivity contribution in [3.8, 4) is 0 Å². The average molecular weight is 194 g/mol. The first kappa shape index (κ1) is 9.21. The van der Waals surface area contributed by atoms with Crippen molar-refractivity contribution in [3.63, 3.8) is 0 Å². The lowest BCUT2D eigenvalue weighted by molar-refractivity contribution is 0.0665. The van der Waals surface area contributed by atoms with Gasteiger partial charge in [-0.3, -0.25) is 4.79 Å². The molecule has 1 aromatic rings. The van der Waals surface area contributed by atoms with Crippen LogP contribution in [0.1, 0.15) is 10.6 Å². The molecule has 76 valence electrons. The Balaban J connectivity index is 2.11. The fourth-order valence-electron chi connectivity index (χ4n) is 1.44. The molecule has 1 N–H and O–H groups in total. The Hall–Kier alpha value is -1.36. The third-order valence-electron chi connectivity index (χ3n) is 2.64. The van der Waals surface area contributed by atoms with Gasteiger partial charge in [0, 0.05) is 39.6 Å². The van der Waals surface area contributed by atoms with Gasteiger partial charge in [-0.15, -0.1) is 0 Å². The maximum Gasteiger partial charge on any atom is 0.289 e. The summed E-state index contributed by atoms with van der Waals surface area (Å²) in [5.74, 6) is 0.489. The van der Waals surface area contributed by atoms with Crippen molar-refractivity contribution < 1.29 is 4.79 Å². The van der Waals surface area contributed by atoms with E-state index >= 15 is 0 Å². The van der Waals surface area contributed by atoms with E-state index < -0.39 is 0 Å². The number of aryl methyl sites for hydroxylation is 1. The van der Waals surface area contributed by atoms with E-state index in [9.17, 15) is 4.79 Å². The van der Waals surface area contributed by atoms with Gasteiger partial charge in [-0.05, 0) is 0 Å². The maximum atomic E-state index is 11.9. The molecule has 1 aliphatic heterocycles. The van der Waals surface area contributed by atoms with E-state index in [4.69, 9.17) is 0 Å². The van der Waals surface area contributed by atoms with Gasteiger partial charge in [0.05, 0.1) is 6.04 Å². The van der Waals surface area contributed by atoms with Crippen LogP contribution < -0.4 is 5.32 Å². The van der Waals surface area contributed by atoms with Crippen molar-refractivity contribution in [1.29, 1.82) is 0 Å². The van der Waals surface area contributed by atoms with Gasteiger partial charge in [-0.2, -0.15) is 0 Å². The zero-order chi connectivity index (χ0) is 10.1. The van der Waals surface area contributed by atoms with Gasteiger partial charge in [0.2, 0.25) is 0 Å². The number of hydrogen-bond donors (Lipinski definition) is 1. The predicted molar refractivity (Wildman–Crippen MR) is 52.0 cm³/mol. The van der Waals surface area contributed by atoms with Crippen LogP contribution in [0.4, 0.5) is 0 Å². The fraction of sp³-hybridized carbons (Fsp3) is 0.556. The molecule has 2 heterocycles. The number of nitrogens with one attached hydrogen (secondary N) is 1. The quantitative estimate of drug-likeness (QED) is 0.688. The smallest absolute Gasteiger partial charge is 0.289 e. The van der Waals surface area contributed by atoms with Crippen LogP contribution >= 0.6 is 0 Å². The molecule has 0 radical (unpaired) electrons. The summed E-state index contributed by atoms with van der Waals surface area (Å²) in [6, 6.07) is 0.319. The van der Waals surface area contributed by atoms with E-state index in [1.165, 1.54) is 0 Å². The monoisotopic (exact) mass is 194 g/mol. The molecule has 5 heteroatoms. The summed E-state index contributed by atoms with van der Waals surface area (Å²) >= 11 is 0. The highest BCUT2D eigenvalue weighted by Crippen LogP contribution is 2.07. The highest BCUT2D eigenvalue weighted by molar-refractivity contribution is 5.90. The van der Waals surface area contributed by atoms with Crippen molar-refractivity contribution in [1.82, 2.24) is 19.8 Å². The number of nitrogens with zero attached hydrogens (tertiary/aromatic N) is 3. The van der Waals surface area contributed by atoms with Gasteiger partial charge in [0.15, 0.2) is 5.82 Å². The highest BCUT2D eigenvalue weighted by Gasteiger charge is 2.27. The number of likely N-dealkylation sites (N-methyl/N-ethyl adjacent to an activating group) is 1. The molecule has 1 amide bonds. The normalized spacial score (nSPS) is 16.4. The lowest BCUT2D eigenvalue weighted by atomic mass is 10.1. The zero-order valence-corrected chi connectivity index (χ0v) is 8.40. The SMILES string of the molecule is CN(C(=O)c1nccn1C)C1CNC1. The molecule has 0 bridgehead atoms. The van der Waals surface area contributed by atoms with E-state index in [1.807, 2.05) is 14.1 Å². The van der Waals surface area contributed by atoms with Gasteiger partial charge in [0.1, 0.15) is 0 Å². The molecule has 1 aliphatic rings. The minimum absolute atomic E-state index is 0.0102. The van der Waals surface area contributed by atoms with Crippen LogP contribution in [0.3, 0.4) is 0 Å². The summed E-state index contributed by atoms with van der Waals surface area (Å²) in [6.07, 6.45) is 3.42. The number of carbonyl (C=O) groups excluding carboxylic acids is 1. The van der Waals surface area contributed by atoms with Crippen LogP contribution in [0.15, 0.2) is 12.4 Å².